The molecule has 1 saturated heterocycles. The fraction of sp³-hybridized carbons (Fsp3) is 0.353. The minimum Gasteiger partial charge on any atom is -0.308 e. The number of carbonyl (C=O) groups excluding carboxylic acids is 1. The predicted octanol–water partition coefficient (Wildman–Crippen LogP) is 2.46. The van der Waals surface area contributed by atoms with Crippen LogP contribution < -0.4 is 10.2 Å². The molecule has 0 spiro atoms. The molecule has 0 saturated carbocycles. The Kier molecular flexibility index (Phi) is 4.62. The number of nitrogens with zero attached hydrogens (tertiary/aromatic N) is 3. The lowest BCUT2D eigenvalue weighted by Gasteiger charge is -2.34. The van der Waals surface area contributed by atoms with E-state index in [4.69, 9.17) is 0 Å². The number of hydrogen-bond donors (Lipinski definition) is 1. The van der Waals surface area contributed by atoms with Gasteiger partial charge in [0.25, 0.3) is 0 Å². The van der Waals surface area contributed by atoms with Gasteiger partial charge in [-0.25, -0.2) is 4.39 Å². The molecule has 1 amide bonds. The number of amides is 1. The van der Waals surface area contributed by atoms with Crippen molar-refractivity contribution in [2.45, 2.75) is 31.8 Å². The summed E-state index contributed by atoms with van der Waals surface area (Å²) in [4.78, 5) is 22.5. The van der Waals surface area contributed by atoms with Crippen molar-refractivity contribution in [3.8, 4) is 0 Å². The largest absolute Gasteiger partial charge is 0.308 e. The highest BCUT2D eigenvalue weighted by atomic mass is 19.1. The van der Waals surface area contributed by atoms with Gasteiger partial charge in [0.15, 0.2) is 0 Å². The summed E-state index contributed by atoms with van der Waals surface area (Å²) < 4.78 is 14.0. The van der Waals surface area contributed by atoms with Gasteiger partial charge in [0, 0.05) is 31.2 Å². The average molecular weight is 314 g/mol. The van der Waals surface area contributed by atoms with E-state index in [2.05, 4.69) is 15.3 Å². The Morgan fingerprint density at radius 3 is 2.91 bits per heavy atom. The third-order valence-corrected chi connectivity index (χ3v) is 4.06. The highest BCUT2D eigenvalue weighted by molar-refractivity contribution is 5.98. The summed E-state index contributed by atoms with van der Waals surface area (Å²) in [7, 11) is 0. The van der Waals surface area contributed by atoms with Crippen LogP contribution in [0.25, 0.3) is 0 Å². The lowest BCUT2D eigenvalue weighted by Crippen LogP contribution is -2.51. The average Bonchev–Trinajstić information content (AvgIpc) is 2.58. The molecule has 5 nitrogen and oxygen atoms in total. The van der Waals surface area contributed by atoms with E-state index in [0.717, 1.165) is 18.5 Å². The van der Waals surface area contributed by atoms with Crippen LogP contribution in [0.2, 0.25) is 0 Å². The number of carbonyl (C=O) groups is 1. The maximum atomic E-state index is 14.0. The van der Waals surface area contributed by atoms with Gasteiger partial charge in [-0.15, -0.1) is 0 Å². The molecule has 1 fully saturated rings. The van der Waals surface area contributed by atoms with E-state index in [9.17, 15) is 9.18 Å². The fourth-order valence-electron chi connectivity index (χ4n) is 2.86. The molecular formula is C17H19FN4O. The molecule has 23 heavy (non-hydrogen) atoms. The molecule has 1 N–H and O–H groups in total. The zero-order valence-electron chi connectivity index (χ0n) is 12.9. The topological polar surface area (TPSA) is 58.1 Å². The number of anilines is 1. The summed E-state index contributed by atoms with van der Waals surface area (Å²) in [6, 6.07) is 5.94. The molecule has 1 aliphatic heterocycles. The number of hydrogen-bond acceptors (Lipinski definition) is 4. The van der Waals surface area contributed by atoms with Crippen molar-refractivity contribution in [2.24, 2.45) is 0 Å². The second kappa shape index (κ2) is 6.83. The van der Waals surface area contributed by atoms with Gasteiger partial charge in [-0.1, -0.05) is 12.1 Å². The maximum absolute atomic E-state index is 14.0. The lowest BCUT2D eigenvalue weighted by atomic mass is 10.0. The Hall–Kier alpha value is -2.34. The van der Waals surface area contributed by atoms with Crippen molar-refractivity contribution in [1.29, 1.82) is 0 Å². The van der Waals surface area contributed by atoms with Crippen molar-refractivity contribution in [2.75, 3.05) is 11.4 Å². The standard InChI is InChI=1S/C17H19FN4O/c1-12(15-11-19-8-9-20-15)21-14-6-4-10-22(17(14)23)16-7-3-2-5-13(16)18/h2-3,5,7-9,11-12,14,21H,4,6,10H2,1H3/t12-,14+/m0/s1. The maximum Gasteiger partial charge on any atom is 0.244 e. The molecule has 2 atom stereocenters. The summed E-state index contributed by atoms with van der Waals surface area (Å²) in [5.74, 6) is -0.472. The zero-order chi connectivity index (χ0) is 16.2. The summed E-state index contributed by atoms with van der Waals surface area (Å²) in [6.07, 6.45) is 6.47. The molecule has 0 bridgehead atoms. The van der Waals surface area contributed by atoms with Crippen LogP contribution in [0, 0.1) is 5.82 Å². The van der Waals surface area contributed by atoms with Gasteiger partial charge >= 0.3 is 0 Å². The summed E-state index contributed by atoms with van der Waals surface area (Å²) in [5.41, 5.74) is 1.12. The third-order valence-electron chi connectivity index (χ3n) is 4.06. The fourth-order valence-corrected chi connectivity index (χ4v) is 2.86. The predicted molar refractivity (Wildman–Crippen MR) is 85.4 cm³/mol. The Bertz CT molecular complexity index is 679. The van der Waals surface area contributed by atoms with Gasteiger partial charge in [-0.3, -0.25) is 20.1 Å². The van der Waals surface area contributed by atoms with Crippen LogP contribution in [0.5, 0.6) is 0 Å². The van der Waals surface area contributed by atoms with Crippen LogP contribution >= 0.6 is 0 Å². The Morgan fingerprint density at radius 1 is 1.35 bits per heavy atom. The van der Waals surface area contributed by atoms with Crippen molar-refractivity contribution in [3.63, 3.8) is 0 Å². The SMILES string of the molecule is C[C@H](N[C@@H]1CCCN(c2ccccc2F)C1=O)c1cnccn1. The number of piperidine rings is 1. The van der Waals surface area contributed by atoms with Crippen molar-refractivity contribution in [3.05, 3.63) is 54.4 Å². The van der Waals surface area contributed by atoms with Gasteiger partial charge in [0.05, 0.1) is 17.4 Å². The number of benzene rings is 1. The molecular weight excluding hydrogens is 295 g/mol. The molecule has 0 aliphatic carbocycles. The molecule has 3 rings (SSSR count). The Balaban J connectivity index is 1.74. The molecule has 1 aromatic carbocycles. The number of nitrogens with one attached hydrogen (secondary N) is 1. The van der Waals surface area contributed by atoms with Crippen molar-refractivity contribution < 1.29 is 9.18 Å². The van der Waals surface area contributed by atoms with Gasteiger partial charge in [0.2, 0.25) is 5.91 Å². The summed E-state index contributed by atoms with van der Waals surface area (Å²) >= 11 is 0. The van der Waals surface area contributed by atoms with E-state index in [-0.39, 0.29) is 23.8 Å². The molecule has 0 unspecified atom stereocenters. The molecule has 1 aromatic heterocycles. The Labute approximate surface area is 134 Å². The Morgan fingerprint density at radius 2 is 2.17 bits per heavy atom. The highest BCUT2D eigenvalue weighted by Gasteiger charge is 2.31. The van der Waals surface area contributed by atoms with E-state index < -0.39 is 0 Å². The van der Waals surface area contributed by atoms with Crippen molar-refractivity contribution >= 4 is 11.6 Å². The first kappa shape index (κ1) is 15.6. The van der Waals surface area contributed by atoms with Crippen LogP contribution in [-0.2, 0) is 4.79 Å². The van der Waals surface area contributed by atoms with E-state index in [1.54, 1.807) is 36.8 Å². The number of rotatable bonds is 4. The van der Waals surface area contributed by atoms with Gasteiger partial charge in [0.1, 0.15) is 5.82 Å². The number of para-hydroxylation sites is 1. The van der Waals surface area contributed by atoms with E-state index in [1.165, 1.54) is 11.0 Å². The summed E-state index contributed by atoms with van der Waals surface area (Å²) in [6.45, 7) is 2.48. The van der Waals surface area contributed by atoms with Gasteiger partial charge in [-0.2, -0.15) is 0 Å². The van der Waals surface area contributed by atoms with Gasteiger partial charge in [-0.05, 0) is 31.9 Å². The third kappa shape index (κ3) is 3.37. The van der Waals surface area contributed by atoms with Crippen LogP contribution in [0.15, 0.2) is 42.9 Å². The van der Waals surface area contributed by atoms with E-state index >= 15 is 0 Å². The first-order chi connectivity index (χ1) is 11.2. The first-order valence-electron chi connectivity index (χ1n) is 7.74. The number of aromatic nitrogens is 2. The van der Waals surface area contributed by atoms with E-state index in [0.29, 0.717) is 12.2 Å². The van der Waals surface area contributed by atoms with E-state index in [1.807, 2.05) is 6.92 Å². The molecule has 2 heterocycles. The first-order valence-corrected chi connectivity index (χ1v) is 7.74. The molecule has 1 aliphatic rings. The monoisotopic (exact) mass is 314 g/mol. The smallest absolute Gasteiger partial charge is 0.244 e. The van der Waals surface area contributed by atoms with Crippen LogP contribution in [-0.4, -0.2) is 28.5 Å². The number of halogens is 1. The second-order valence-corrected chi connectivity index (χ2v) is 5.65. The van der Waals surface area contributed by atoms with Crippen LogP contribution in [0.3, 0.4) is 0 Å². The van der Waals surface area contributed by atoms with Crippen molar-refractivity contribution in [1.82, 2.24) is 15.3 Å². The minimum absolute atomic E-state index is 0.0989. The minimum atomic E-state index is -0.372. The summed E-state index contributed by atoms with van der Waals surface area (Å²) in [5, 5.41) is 3.29. The van der Waals surface area contributed by atoms with Gasteiger partial charge < -0.3 is 4.90 Å². The molecule has 0 radical (unpaired) electrons. The zero-order valence-corrected chi connectivity index (χ0v) is 12.9. The lowest BCUT2D eigenvalue weighted by molar-refractivity contribution is -0.122. The highest BCUT2D eigenvalue weighted by Crippen LogP contribution is 2.24. The van der Waals surface area contributed by atoms with Crippen LogP contribution in [0.4, 0.5) is 10.1 Å². The quantitative estimate of drug-likeness (QED) is 0.942. The second-order valence-electron chi connectivity index (χ2n) is 5.65. The normalized spacial score (nSPS) is 19.7. The molecule has 6 heteroatoms. The van der Waals surface area contributed by atoms with Crippen LogP contribution in [0.1, 0.15) is 31.5 Å². The molecule has 2 aromatic rings. The molecule has 120 valence electrons.